The molecule has 13 heteroatoms. The highest BCUT2D eigenvalue weighted by Crippen LogP contribution is 2.53. The van der Waals surface area contributed by atoms with Crippen molar-refractivity contribution < 1.29 is 32.7 Å². The number of carbonyl (C=O) groups is 3. The maximum atomic E-state index is 13.9. The van der Waals surface area contributed by atoms with E-state index >= 15 is 0 Å². The van der Waals surface area contributed by atoms with Gasteiger partial charge in [-0.05, 0) is 38.6 Å². The first-order valence-electron chi connectivity index (χ1n) is 13.9. The summed E-state index contributed by atoms with van der Waals surface area (Å²) in [7, 11) is -1.90. The summed E-state index contributed by atoms with van der Waals surface area (Å²) < 4.78 is 31.3. The molecule has 1 fully saturated rings. The Kier molecular flexibility index (Phi) is 10.2. The smallest absolute Gasteiger partial charge is 0.410 e. The number of halogens is 1. The lowest BCUT2D eigenvalue weighted by Gasteiger charge is -2.48. The number of fused-ring (bicyclic) bond motifs is 1. The predicted molar refractivity (Wildman–Crippen MR) is 164 cm³/mol. The number of amides is 2. The summed E-state index contributed by atoms with van der Waals surface area (Å²) in [6, 6.07) is -0.870. The Labute approximate surface area is 255 Å². The number of thiazole rings is 1. The van der Waals surface area contributed by atoms with Crippen molar-refractivity contribution in [2.75, 3.05) is 26.4 Å². The molecule has 0 aromatic carbocycles. The van der Waals surface area contributed by atoms with Crippen molar-refractivity contribution in [3.8, 4) is 0 Å². The molecule has 4 rings (SSSR count). The zero-order valence-electron chi connectivity index (χ0n) is 24.6. The van der Waals surface area contributed by atoms with Crippen LogP contribution in [0.4, 0.5) is 9.18 Å². The molecule has 1 aromatic heterocycles. The highest BCUT2D eigenvalue weighted by Gasteiger charge is 2.61. The summed E-state index contributed by atoms with van der Waals surface area (Å²) in [6.07, 6.45) is 4.25. The molecule has 9 nitrogen and oxygen atoms in total. The van der Waals surface area contributed by atoms with Crippen molar-refractivity contribution in [3.63, 3.8) is 0 Å². The summed E-state index contributed by atoms with van der Waals surface area (Å²) in [4.78, 5) is 47.4. The SMILES string of the molecule is C=CCOC(=O)C1=C(Sc2nc(C3=CCN(C(=O)OCC=C)[C@H](CF)C3)cs2)[C@H](C)[C@@H]2[C@@H]([C@@H](C)O[Si](C)(C)C)C(=O)N12. The normalized spacial score (nSPS) is 24.5. The van der Waals surface area contributed by atoms with E-state index in [0.717, 1.165) is 10.5 Å². The molecule has 4 heterocycles. The van der Waals surface area contributed by atoms with E-state index in [1.54, 1.807) is 4.90 Å². The van der Waals surface area contributed by atoms with Crippen LogP contribution in [0.5, 0.6) is 0 Å². The van der Waals surface area contributed by atoms with Crippen molar-refractivity contribution in [3.05, 3.63) is 53.1 Å². The Morgan fingerprint density at radius 1 is 1.26 bits per heavy atom. The Hall–Kier alpha value is -2.74. The first-order valence-corrected chi connectivity index (χ1v) is 19.0. The van der Waals surface area contributed by atoms with Crippen LogP contribution in [0.25, 0.3) is 5.57 Å². The maximum Gasteiger partial charge on any atom is 0.410 e. The molecule has 5 atom stereocenters. The van der Waals surface area contributed by atoms with Gasteiger partial charge in [0.15, 0.2) is 12.7 Å². The third-order valence-corrected chi connectivity index (χ3v) is 10.6. The van der Waals surface area contributed by atoms with Gasteiger partial charge in [-0.2, -0.15) is 0 Å². The minimum absolute atomic E-state index is 0.0311. The molecule has 0 unspecified atom stereocenters. The second kappa shape index (κ2) is 13.3. The van der Waals surface area contributed by atoms with Gasteiger partial charge in [0.25, 0.3) is 0 Å². The van der Waals surface area contributed by atoms with Crippen LogP contribution in [-0.4, -0.2) is 85.7 Å². The van der Waals surface area contributed by atoms with Gasteiger partial charge < -0.3 is 18.8 Å². The molecule has 228 valence electrons. The van der Waals surface area contributed by atoms with Crippen molar-refractivity contribution >= 4 is 55.0 Å². The zero-order valence-corrected chi connectivity index (χ0v) is 27.3. The van der Waals surface area contributed by atoms with Crippen LogP contribution >= 0.6 is 23.1 Å². The van der Waals surface area contributed by atoms with E-state index in [2.05, 4.69) is 32.8 Å². The number of alkyl halides is 1. The first-order chi connectivity index (χ1) is 19.9. The van der Waals surface area contributed by atoms with Crippen molar-refractivity contribution in [1.82, 2.24) is 14.8 Å². The van der Waals surface area contributed by atoms with Crippen LogP contribution in [-0.2, 0) is 23.5 Å². The van der Waals surface area contributed by atoms with Gasteiger partial charge in [0.05, 0.1) is 29.8 Å². The van der Waals surface area contributed by atoms with Gasteiger partial charge in [-0.3, -0.25) is 9.69 Å². The minimum Gasteiger partial charge on any atom is -0.457 e. The number of hydrogen-bond donors (Lipinski definition) is 0. The summed E-state index contributed by atoms with van der Waals surface area (Å²) in [5, 5.41) is 1.89. The molecule has 0 N–H and O–H groups in total. The van der Waals surface area contributed by atoms with Gasteiger partial charge in [-0.1, -0.05) is 50.1 Å². The van der Waals surface area contributed by atoms with E-state index in [9.17, 15) is 18.8 Å². The molecule has 42 heavy (non-hydrogen) atoms. The number of thioether (sulfide) groups is 1. The summed E-state index contributed by atoms with van der Waals surface area (Å²) in [5.41, 5.74) is 1.78. The van der Waals surface area contributed by atoms with Gasteiger partial charge in [-0.15, -0.1) is 11.3 Å². The number of esters is 1. The van der Waals surface area contributed by atoms with E-state index in [4.69, 9.17) is 18.9 Å². The molecule has 0 radical (unpaired) electrons. The largest absolute Gasteiger partial charge is 0.457 e. The van der Waals surface area contributed by atoms with E-state index in [-0.39, 0.29) is 55.3 Å². The molecule has 1 saturated heterocycles. The van der Waals surface area contributed by atoms with Crippen LogP contribution in [0.15, 0.2) is 51.7 Å². The van der Waals surface area contributed by atoms with Crippen molar-refractivity contribution in [2.45, 2.75) is 62.4 Å². The van der Waals surface area contributed by atoms with Crippen molar-refractivity contribution in [2.24, 2.45) is 11.8 Å². The molecule has 0 bridgehead atoms. The number of rotatable bonds is 12. The molecule has 0 spiro atoms. The van der Waals surface area contributed by atoms with Crippen molar-refractivity contribution in [1.29, 1.82) is 0 Å². The predicted octanol–water partition coefficient (Wildman–Crippen LogP) is 5.64. The van der Waals surface area contributed by atoms with E-state index in [0.29, 0.717) is 16.5 Å². The number of hydrogen-bond acceptors (Lipinski definition) is 9. The highest BCUT2D eigenvalue weighted by atomic mass is 32.2. The lowest BCUT2D eigenvalue weighted by Crippen LogP contribution is -2.64. The van der Waals surface area contributed by atoms with Gasteiger partial charge in [0, 0.05) is 22.7 Å². The maximum absolute atomic E-state index is 13.9. The van der Waals surface area contributed by atoms with Crippen LogP contribution in [0.1, 0.15) is 26.0 Å². The number of aromatic nitrogens is 1. The molecule has 0 saturated carbocycles. The molecule has 3 aliphatic heterocycles. The fraction of sp³-hybridized carbons (Fsp3) is 0.517. The molecular formula is C29H38FN3O6S2Si. The Bertz CT molecular complexity index is 1310. The monoisotopic (exact) mass is 635 g/mol. The molecule has 1 aromatic rings. The summed E-state index contributed by atoms with van der Waals surface area (Å²) in [5.74, 6) is -1.20. The third-order valence-electron chi connectivity index (χ3n) is 7.34. The minimum atomic E-state index is -1.90. The lowest BCUT2D eigenvalue weighted by molar-refractivity contribution is -0.163. The Morgan fingerprint density at radius 3 is 2.60 bits per heavy atom. The Morgan fingerprint density at radius 2 is 1.95 bits per heavy atom. The fourth-order valence-corrected chi connectivity index (χ4v) is 8.97. The van der Waals surface area contributed by atoms with E-state index in [1.165, 1.54) is 40.2 Å². The summed E-state index contributed by atoms with van der Waals surface area (Å²) >= 11 is 2.76. The average Bonchev–Trinajstić information content (AvgIpc) is 3.50. The van der Waals surface area contributed by atoms with Gasteiger partial charge in [0.2, 0.25) is 5.91 Å². The standard InChI is InChI=1S/C29H38FN3O6S2Si/c1-8-12-37-27(35)24-25(17(3)23-22(26(34)33(23)24)18(4)39-42(5,6)7)41-28-31-21(16-40-28)19-10-11-32(20(14-19)15-30)29(36)38-13-9-2/h8-10,16-18,20,22-23H,1-2,11-15H2,3-7H3/t17-,18-,20+,22-,23-/m1/s1. The van der Waals surface area contributed by atoms with Crippen LogP contribution in [0.3, 0.4) is 0 Å². The second-order valence-electron chi connectivity index (χ2n) is 11.4. The quantitative estimate of drug-likeness (QED) is 0.126. The average molecular weight is 636 g/mol. The number of ether oxygens (including phenoxy) is 2. The van der Waals surface area contributed by atoms with Gasteiger partial charge in [0.1, 0.15) is 25.6 Å². The zero-order chi connectivity index (χ0) is 30.8. The van der Waals surface area contributed by atoms with E-state index in [1.807, 2.05) is 25.3 Å². The molecule has 3 aliphatic rings. The van der Waals surface area contributed by atoms with Crippen LogP contribution in [0.2, 0.25) is 19.6 Å². The van der Waals surface area contributed by atoms with Crippen LogP contribution in [0, 0.1) is 11.8 Å². The topological polar surface area (TPSA) is 98.3 Å². The fourth-order valence-electron chi connectivity index (χ4n) is 5.60. The number of carbonyl (C=O) groups excluding carboxylic acids is 3. The highest BCUT2D eigenvalue weighted by molar-refractivity contribution is 8.04. The van der Waals surface area contributed by atoms with E-state index < -0.39 is 33.1 Å². The lowest BCUT2D eigenvalue weighted by atomic mass is 9.79. The number of β-lactam (4-membered cyclic amide) rings is 1. The van der Waals surface area contributed by atoms with Gasteiger partial charge >= 0.3 is 12.1 Å². The number of nitrogens with zero attached hydrogens (tertiary/aromatic N) is 3. The molecular weight excluding hydrogens is 598 g/mol. The third kappa shape index (κ3) is 6.58. The molecule has 0 aliphatic carbocycles. The summed E-state index contributed by atoms with van der Waals surface area (Å²) in [6.45, 7) is 16.9. The first kappa shape index (κ1) is 32.2. The molecule has 2 amide bonds. The van der Waals surface area contributed by atoms with Gasteiger partial charge in [-0.25, -0.2) is 19.0 Å². The Balaban J connectivity index is 1.56. The van der Waals surface area contributed by atoms with Crippen LogP contribution < -0.4 is 0 Å². The second-order valence-corrected chi connectivity index (χ2v) is 18.0.